The number of carbonyl (C=O) groups excluding carboxylic acids is 1. The molecule has 0 bridgehead atoms. The number of anilines is 1. The molecule has 19 heavy (non-hydrogen) atoms. The van der Waals surface area contributed by atoms with Crippen molar-refractivity contribution in [3.8, 4) is 0 Å². The summed E-state index contributed by atoms with van der Waals surface area (Å²) >= 11 is 1.24. The zero-order valence-electron chi connectivity index (χ0n) is 10.7. The van der Waals surface area contributed by atoms with Gasteiger partial charge < -0.3 is 14.6 Å². The van der Waals surface area contributed by atoms with E-state index in [1.165, 1.54) is 17.9 Å². The Kier molecular flexibility index (Phi) is 4.45. The molecule has 2 aromatic heterocycles. The van der Waals surface area contributed by atoms with Gasteiger partial charge in [-0.25, -0.2) is 4.79 Å². The molecule has 0 aliphatic rings. The predicted molar refractivity (Wildman–Crippen MR) is 69.3 cm³/mol. The first-order valence-electron chi connectivity index (χ1n) is 5.85. The van der Waals surface area contributed by atoms with Gasteiger partial charge in [-0.3, -0.25) is 0 Å². The van der Waals surface area contributed by atoms with E-state index in [9.17, 15) is 4.79 Å². The number of ether oxygens (including phenoxy) is 1. The fourth-order valence-corrected chi connectivity index (χ4v) is 2.33. The van der Waals surface area contributed by atoms with E-state index in [1.54, 1.807) is 13.8 Å². The monoisotopic (exact) mass is 282 g/mol. The molecule has 0 fully saturated rings. The van der Waals surface area contributed by atoms with Crippen LogP contribution < -0.4 is 5.32 Å². The summed E-state index contributed by atoms with van der Waals surface area (Å²) in [6.07, 6.45) is 1.89. The maximum Gasteiger partial charge on any atom is 0.343 e. The summed E-state index contributed by atoms with van der Waals surface area (Å²) in [5.74, 6) is 0.266. The van der Waals surface area contributed by atoms with E-state index in [2.05, 4.69) is 24.4 Å². The quantitative estimate of drug-likeness (QED) is 0.806. The highest BCUT2D eigenvalue weighted by atomic mass is 32.1. The third-order valence-electron chi connectivity index (χ3n) is 2.38. The van der Waals surface area contributed by atoms with Crippen molar-refractivity contribution >= 4 is 22.5 Å². The molecule has 0 saturated carbocycles. The Bertz CT molecular complexity index is 538. The number of nitrogens with zero attached hydrogens (tertiary/aromatic N) is 3. The molecular formula is C11H14N4O3S. The van der Waals surface area contributed by atoms with Gasteiger partial charge in [-0.2, -0.15) is 9.36 Å². The van der Waals surface area contributed by atoms with E-state index >= 15 is 0 Å². The van der Waals surface area contributed by atoms with Crippen molar-refractivity contribution in [2.75, 3.05) is 18.5 Å². The first kappa shape index (κ1) is 13.5. The maximum absolute atomic E-state index is 11.8. The Hall–Kier alpha value is -1.96. The van der Waals surface area contributed by atoms with Crippen molar-refractivity contribution in [3.63, 3.8) is 0 Å². The number of aromatic nitrogens is 3. The molecule has 2 rings (SSSR count). The second-order valence-corrected chi connectivity index (χ2v) is 4.49. The molecule has 0 aliphatic heterocycles. The molecule has 1 N–H and O–H groups in total. The van der Waals surface area contributed by atoms with Crippen LogP contribution in [0.25, 0.3) is 0 Å². The van der Waals surface area contributed by atoms with Crippen LogP contribution in [-0.4, -0.2) is 33.6 Å². The summed E-state index contributed by atoms with van der Waals surface area (Å²) in [6, 6.07) is 0. The van der Waals surface area contributed by atoms with Gasteiger partial charge >= 0.3 is 5.97 Å². The Labute approximate surface area is 114 Å². The summed E-state index contributed by atoms with van der Waals surface area (Å²) in [5.41, 5.74) is 1.17. The van der Waals surface area contributed by atoms with Crippen LogP contribution in [-0.2, 0) is 11.2 Å². The van der Waals surface area contributed by atoms with Crippen LogP contribution in [0.2, 0.25) is 0 Å². The van der Waals surface area contributed by atoms with Crippen molar-refractivity contribution in [3.05, 3.63) is 23.5 Å². The first-order chi connectivity index (χ1) is 9.22. The van der Waals surface area contributed by atoms with E-state index in [0.717, 1.165) is 0 Å². The molecule has 8 heteroatoms. The topological polar surface area (TPSA) is 90.1 Å². The van der Waals surface area contributed by atoms with Crippen LogP contribution in [0.3, 0.4) is 0 Å². The molecule has 0 aromatic carbocycles. The molecule has 0 saturated heterocycles. The largest absolute Gasteiger partial charge is 0.462 e. The molecule has 7 nitrogen and oxygen atoms in total. The summed E-state index contributed by atoms with van der Waals surface area (Å²) in [4.78, 5) is 15.7. The fraction of sp³-hybridized carbons (Fsp3) is 0.455. The Morgan fingerprint density at radius 3 is 3.11 bits per heavy atom. The van der Waals surface area contributed by atoms with E-state index in [1.807, 2.05) is 0 Å². The molecule has 0 atom stereocenters. The van der Waals surface area contributed by atoms with Crippen molar-refractivity contribution in [1.82, 2.24) is 14.5 Å². The van der Waals surface area contributed by atoms with Crippen molar-refractivity contribution in [2.45, 2.75) is 20.3 Å². The summed E-state index contributed by atoms with van der Waals surface area (Å²) in [6.45, 7) is 4.49. The predicted octanol–water partition coefficient (Wildman–Crippen LogP) is 1.67. The zero-order valence-corrected chi connectivity index (χ0v) is 11.5. The van der Waals surface area contributed by atoms with E-state index in [-0.39, 0.29) is 5.97 Å². The summed E-state index contributed by atoms with van der Waals surface area (Å²) in [5, 5.41) is 7.56. The maximum atomic E-state index is 11.8. The lowest BCUT2D eigenvalue weighted by Crippen LogP contribution is -2.11. The Morgan fingerprint density at radius 1 is 1.58 bits per heavy atom. The van der Waals surface area contributed by atoms with Gasteiger partial charge in [0.15, 0.2) is 5.82 Å². The minimum atomic E-state index is -0.351. The second-order valence-electron chi connectivity index (χ2n) is 3.72. The van der Waals surface area contributed by atoms with E-state index in [4.69, 9.17) is 4.74 Å². The third kappa shape index (κ3) is 3.28. The minimum Gasteiger partial charge on any atom is -0.462 e. The fourth-order valence-electron chi connectivity index (χ4n) is 1.52. The standard InChI is InChI=1S/C11H14N4O3S/c1-3-17-11(16)9-7(2)15-19-10(9)12-5-4-8-13-6-18-14-8/h6,12H,3-5H2,1-2H3. The molecule has 0 unspecified atom stereocenters. The number of hydrogen-bond donors (Lipinski definition) is 1. The third-order valence-corrected chi connectivity index (χ3v) is 3.28. The summed E-state index contributed by atoms with van der Waals surface area (Å²) < 4.78 is 13.8. The van der Waals surface area contributed by atoms with Crippen LogP contribution >= 0.6 is 11.5 Å². The van der Waals surface area contributed by atoms with Gasteiger partial charge in [0.25, 0.3) is 0 Å². The second kappa shape index (κ2) is 6.28. The van der Waals surface area contributed by atoms with Gasteiger partial charge in [0.1, 0.15) is 10.6 Å². The lowest BCUT2D eigenvalue weighted by atomic mass is 10.2. The summed E-state index contributed by atoms with van der Waals surface area (Å²) in [7, 11) is 0. The number of carbonyl (C=O) groups is 1. The van der Waals surface area contributed by atoms with Crippen LogP contribution in [0, 0.1) is 6.92 Å². The van der Waals surface area contributed by atoms with Gasteiger partial charge in [-0.15, -0.1) is 0 Å². The van der Waals surface area contributed by atoms with Gasteiger partial charge in [0.2, 0.25) is 6.39 Å². The molecule has 102 valence electrons. The molecular weight excluding hydrogens is 268 g/mol. The molecule has 0 spiro atoms. The first-order valence-corrected chi connectivity index (χ1v) is 6.62. The minimum absolute atomic E-state index is 0.344. The van der Waals surface area contributed by atoms with Crippen molar-refractivity contribution in [1.29, 1.82) is 0 Å². The number of aryl methyl sites for hydroxylation is 1. The molecule has 2 heterocycles. The lowest BCUT2D eigenvalue weighted by molar-refractivity contribution is 0.0527. The zero-order chi connectivity index (χ0) is 13.7. The lowest BCUT2D eigenvalue weighted by Gasteiger charge is -2.05. The van der Waals surface area contributed by atoms with E-state index in [0.29, 0.717) is 41.7 Å². The highest BCUT2D eigenvalue weighted by Crippen LogP contribution is 2.25. The van der Waals surface area contributed by atoms with Crippen LogP contribution in [0.15, 0.2) is 10.9 Å². The van der Waals surface area contributed by atoms with Crippen molar-refractivity contribution in [2.24, 2.45) is 0 Å². The number of nitrogens with one attached hydrogen (secondary N) is 1. The number of hydrogen-bond acceptors (Lipinski definition) is 8. The van der Waals surface area contributed by atoms with Crippen LogP contribution in [0.5, 0.6) is 0 Å². The molecule has 2 aromatic rings. The molecule has 0 amide bonds. The highest BCUT2D eigenvalue weighted by Gasteiger charge is 2.19. The average Bonchev–Trinajstić information content (AvgIpc) is 3.00. The highest BCUT2D eigenvalue weighted by molar-refractivity contribution is 7.10. The average molecular weight is 282 g/mol. The van der Waals surface area contributed by atoms with E-state index < -0.39 is 0 Å². The number of rotatable bonds is 6. The normalized spacial score (nSPS) is 10.4. The van der Waals surface area contributed by atoms with Gasteiger partial charge in [0.05, 0.1) is 12.3 Å². The van der Waals surface area contributed by atoms with Gasteiger partial charge in [-0.1, -0.05) is 5.16 Å². The smallest absolute Gasteiger partial charge is 0.343 e. The van der Waals surface area contributed by atoms with Crippen molar-refractivity contribution < 1.29 is 14.1 Å². The Balaban J connectivity index is 1.98. The number of esters is 1. The Morgan fingerprint density at radius 2 is 2.42 bits per heavy atom. The SMILES string of the molecule is CCOC(=O)c1c(C)nsc1NCCc1ncon1. The molecule has 0 radical (unpaired) electrons. The van der Waals surface area contributed by atoms with Crippen LogP contribution in [0.4, 0.5) is 5.00 Å². The van der Waals surface area contributed by atoms with Gasteiger partial charge in [-0.05, 0) is 25.4 Å². The van der Waals surface area contributed by atoms with Gasteiger partial charge in [0, 0.05) is 13.0 Å². The van der Waals surface area contributed by atoms with Crippen LogP contribution in [0.1, 0.15) is 28.8 Å². The molecule has 0 aliphatic carbocycles.